The van der Waals surface area contributed by atoms with Crippen LogP contribution in [0.25, 0.3) is 0 Å². The standard InChI is InChI=1S/C13H21NO2/c1-11(14(2)8-9-16-3)10-12-4-6-13(15)7-5-12/h4-7,11,15H,8-10H2,1-3H3. The van der Waals surface area contributed by atoms with Crippen molar-refractivity contribution in [3.05, 3.63) is 29.8 Å². The molecule has 0 heterocycles. The summed E-state index contributed by atoms with van der Waals surface area (Å²) < 4.78 is 5.05. The third-order valence-corrected chi connectivity index (χ3v) is 2.87. The monoisotopic (exact) mass is 223 g/mol. The van der Waals surface area contributed by atoms with Gasteiger partial charge in [-0.3, -0.25) is 0 Å². The SMILES string of the molecule is COCCN(C)C(C)Cc1ccc(O)cc1. The van der Waals surface area contributed by atoms with Gasteiger partial charge in [-0.15, -0.1) is 0 Å². The fourth-order valence-electron chi connectivity index (χ4n) is 1.58. The predicted molar refractivity (Wildman–Crippen MR) is 65.8 cm³/mol. The van der Waals surface area contributed by atoms with Crippen LogP contribution in [-0.4, -0.2) is 43.4 Å². The molecule has 0 aromatic heterocycles. The Bertz CT molecular complexity index is 297. The quantitative estimate of drug-likeness (QED) is 0.799. The summed E-state index contributed by atoms with van der Waals surface area (Å²) in [5.74, 6) is 0.323. The zero-order valence-corrected chi connectivity index (χ0v) is 10.3. The predicted octanol–water partition coefficient (Wildman–Crippen LogP) is 1.90. The van der Waals surface area contributed by atoms with Crippen molar-refractivity contribution in [1.29, 1.82) is 0 Å². The number of hydrogen-bond acceptors (Lipinski definition) is 3. The van der Waals surface area contributed by atoms with Crippen LogP contribution in [0.2, 0.25) is 0 Å². The molecule has 1 N–H and O–H groups in total. The van der Waals surface area contributed by atoms with Gasteiger partial charge in [0.2, 0.25) is 0 Å². The minimum absolute atomic E-state index is 0.323. The summed E-state index contributed by atoms with van der Waals surface area (Å²) in [5.41, 5.74) is 1.24. The van der Waals surface area contributed by atoms with Gasteiger partial charge < -0.3 is 14.7 Å². The van der Waals surface area contributed by atoms with Crippen LogP contribution in [0.15, 0.2) is 24.3 Å². The van der Waals surface area contributed by atoms with Crippen LogP contribution in [0.3, 0.4) is 0 Å². The largest absolute Gasteiger partial charge is 0.508 e. The second kappa shape index (κ2) is 6.51. The first-order valence-electron chi connectivity index (χ1n) is 5.60. The molecule has 0 radical (unpaired) electrons. The van der Waals surface area contributed by atoms with Crippen molar-refractivity contribution in [2.24, 2.45) is 0 Å². The molecule has 0 bridgehead atoms. The average Bonchev–Trinajstić information content (AvgIpc) is 2.29. The van der Waals surface area contributed by atoms with E-state index in [0.29, 0.717) is 11.8 Å². The van der Waals surface area contributed by atoms with Crippen LogP contribution in [0.5, 0.6) is 5.75 Å². The van der Waals surface area contributed by atoms with Crippen molar-refractivity contribution in [2.45, 2.75) is 19.4 Å². The number of rotatable bonds is 6. The first kappa shape index (κ1) is 13.0. The highest BCUT2D eigenvalue weighted by Crippen LogP contribution is 2.12. The molecule has 1 atom stereocenters. The number of nitrogens with zero attached hydrogens (tertiary/aromatic N) is 1. The van der Waals surface area contributed by atoms with Crippen molar-refractivity contribution in [3.63, 3.8) is 0 Å². The molecule has 0 saturated carbocycles. The number of benzene rings is 1. The Balaban J connectivity index is 2.43. The Kier molecular flexibility index (Phi) is 5.29. The van der Waals surface area contributed by atoms with Crippen molar-refractivity contribution in [3.8, 4) is 5.75 Å². The van der Waals surface area contributed by atoms with E-state index in [0.717, 1.165) is 19.6 Å². The summed E-state index contributed by atoms with van der Waals surface area (Å²) in [6.07, 6.45) is 0.987. The lowest BCUT2D eigenvalue weighted by Crippen LogP contribution is -2.33. The molecule has 0 amide bonds. The fourth-order valence-corrected chi connectivity index (χ4v) is 1.58. The van der Waals surface area contributed by atoms with Crippen molar-refractivity contribution in [2.75, 3.05) is 27.3 Å². The molecule has 1 aromatic rings. The smallest absolute Gasteiger partial charge is 0.115 e. The van der Waals surface area contributed by atoms with Crippen molar-refractivity contribution in [1.82, 2.24) is 4.90 Å². The van der Waals surface area contributed by atoms with Crippen LogP contribution in [-0.2, 0) is 11.2 Å². The lowest BCUT2D eigenvalue weighted by molar-refractivity contribution is 0.143. The molecule has 1 aromatic carbocycles. The number of methoxy groups -OCH3 is 1. The highest BCUT2D eigenvalue weighted by atomic mass is 16.5. The number of phenols is 1. The van der Waals surface area contributed by atoms with Crippen LogP contribution >= 0.6 is 0 Å². The molecule has 0 aliphatic carbocycles. The molecule has 0 aliphatic rings. The van der Waals surface area contributed by atoms with E-state index >= 15 is 0 Å². The van der Waals surface area contributed by atoms with E-state index in [-0.39, 0.29) is 0 Å². The van der Waals surface area contributed by atoms with Gasteiger partial charge in [-0.2, -0.15) is 0 Å². The first-order valence-corrected chi connectivity index (χ1v) is 5.60. The number of aromatic hydroxyl groups is 1. The van der Waals surface area contributed by atoms with Crippen molar-refractivity contribution < 1.29 is 9.84 Å². The van der Waals surface area contributed by atoms with Crippen LogP contribution in [0.4, 0.5) is 0 Å². The number of ether oxygens (including phenoxy) is 1. The molecule has 90 valence electrons. The van der Waals surface area contributed by atoms with E-state index in [9.17, 15) is 5.11 Å². The number of likely N-dealkylation sites (N-methyl/N-ethyl adjacent to an activating group) is 1. The van der Waals surface area contributed by atoms with Gasteiger partial charge in [0.15, 0.2) is 0 Å². The molecule has 16 heavy (non-hydrogen) atoms. The van der Waals surface area contributed by atoms with Gasteiger partial charge in [0.1, 0.15) is 5.75 Å². The normalized spacial score (nSPS) is 13.0. The molecular weight excluding hydrogens is 202 g/mol. The summed E-state index contributed by atoms with van der Waals surface area (Å²) in [6, 6.07) is 7.88. The number of hydrogen-bond donors (Lipinski definition) is 1. The Morgan fingerprint density at radius 2 is 1.94 bits per heavy atom. The third-order valence-electron chi connectivity index (χ3n) is 2.87. The maximum absolute atomic E-state index is 9.19. The summed E-state index contributed by atoms with van der Waals surface area (Å²) in [6.45, 7) is 3.90. The Morgan fingerprint density at radius 3 is 2.50 bits per heavy atom. The highest BCUT2D eigenvalue weighted by Gasteiger charge is 2.09. The minimum atomic E-state index is 0.323. The topological polar surface area (TPSA) is 32.7 Å². The van der Waals surface area contributed by atoms with Gasteiger partial charge in [0.05, 0.1) is 6.61 Å². The molecule has 3 nitrogen and oxygen atoms in total. The van der Waals surface area contributed by atoms with E-state index < -0.39 is 0 Å². The zero-order valence-electron chi connectivity index (χ0n) is 10.3. The maximum Gasteiger partial charge on any atom is 0.115 e. The molecule has 0 spiro atoms. The lowest BCUT2D eigenvalue weighted by Gasteiger charge is -2.24. The van der Waals surface area contributed by atoms with E-state index in [2.05, 4.69) is 18.9 Å². The summed E-state index contributed by atoms with van der Waals surface area (Å²) in [4.78, 5) is 2.27. The molecule has 0 saturated heterocycles. The molecule has 3 heteroatoms. The van der Waals surface area contributed by atoms with Crippen LogP contribution < -0.4 is 0 Å². The van der Waals surface area contributed by atoms with Gasteiger partial charge >= 0.3 is 0 Å². The molecule has 0 fully saturated rings. The maximum atomic E-state index is 9.19. The van der Waals surface area contributed by atoms with Gasteiger partial charge in [-0.1, -0.05) is 12.1 Å². The molecule has 1 unspecified atom stereocenters. The average molecular weight is 223 g/mol. The van der Waals surface area contributed by atoms with Gasteiger partial charge in [0.25, 0.3) is 0 Å². The summed E-state index contributed by atoms with van der Waals surface area (Å²) in [7, 11) is 3.82. The zero-order chi connectivity index (χ0) is 12.0. The van der Waals surface area contributed by atoms with E-state index in [1.54, 1.807) is 19.2 Å². The van der Waals surface area contributed by atoms with Crippen molar-refractivity contribution >= 4 is 0 Å². The fraction of sp³-hybridized carbons (Fsp3) is 0.538. The second-order valence-electron chi connectivity index (χ2n) is 4.19. The minimum Gasteiger partial charge on any atom is -0.508 e. The van der Waals surface area contributed by atoms with E-state index in [4.69, 9.17) is 4.74 Å². The number of phenolic OH excluding ortho intramolecular Hbond substituents is 1. The third kappa shape index (κ3) is 4.21. The summed E-state index contributed by atoms with van der Waals surface area (Å²) in [5, 5.41) is 9.19. The highest BCUT2D eigenvalue weighted by molar-refractivity contribution is 5.26. The van der Waals surface area contributed by atoms with Gasteiger partial charge in [0, 0.05) is 19.7 Å². The van der Waals surface area contributed by atoms with Crippen LogP contribution in [0.1, 0.15) is 12.5 Å². The second-order valence-corrected chi connectivity index (χ2v) is 4.19. The van der Waals surface area contributed by atoms with Gasteiger partial charge in [-0.05, 0) is 38.1 Å². The Hall–Kier alpha value is -1.06. The lowest BCUT2D eigenvalue weighted by atomic mass is 10.1. The van der Waals surface area contributed by atoms with E-state index in [1.165, 1.54) is 5.56 Å². The molecule has 0 aliphatic heterocycles. The van der Waals surface area contributed by atoms with Gasteiger partial charge in [-0.25, -0.2) is 0 Å². The Labute approximate surface area is 97.7 Å². The van der Waals surface area contributed by atoms with Crippen LogP contribution in [0, 0.1) is 0 Å². The summed E-state index contributed by atoms with van der Waals surface area (Å²) >= 11 is 0. The first-order chi connectivity index (χ1) is 7.63. The Morgan fingerprint density at radius 1 is 1.31 bits per heavy atom. The molecular formula is C13H21NO2. The van der Waals surface area contributed by atoms with E-state index in [1.807, 2.05) is 12.1 Å². The molecule has 1 rings (SSSR count).